The summed E-state index contributed by atoms with van der Waals surface area (Å²) in [5.74, 6) is 0.392. The minimum atomic E-state index is -3.49. The first-order chi connectivity index (χ1) is 14.4. The lowest BCUT2D eigenvalue weighted by Crippen LogP contribution is -2.28. The van der Waals surface area contributed by atoms with Crippen LogP contribution < -0.4 is 5.32 Å². The number of carbonyl (C=O) groups is 1. The number of amides is 1. The molecule has 1 aromatic heterocycles. The number of rotatable bonds is 6. The van der Waals surface area contributed by atoms with Crippen LogP contribution in [0.1, 0.15) is 34.7 Å². The van der Waals surface area contributed by atoms with Gasteiger partial charge in [0.15, 0.2) is 0 Å². The Labute approximate surface area is 175 Å². The quantitative estimate of drug-likeness (QED) is 0.650. The largest absolute Gasteiger partial charge is 0.343 e. The van der Waals surface area contributed by atoms with Gasteiger partial charge >= 0.3 is 0 Å². The topological polar surface area (TPSA) is 105 Å². The van der Waals surface area contributed by atoms with Crippen molar-refractivity contribution in [1.82, 2.24) is 19.8 Å². The minimum absolute atomic E-state index is 0.0749. The summed E-state index contributed by atoms with van der Waals surface area (Å²) < 4.78 is 31.8. The highest BCUT2D eigenvalue weighted by Crippen LogP contribution is 2.21. The molecule has 1 N–H and O–H groups in total. The third-order valence-electron chi connectivity index (χ3n) is 4.96. The average Bonchev–Trinajstić information content (AvgIpc) is 3.45. The second-order valence-electron chi connectivity index (χ2n) is 7.20. The molecule has 156 valence electrons. The van der Waals surface area contributed by atoms with Gasteiger partial charge in [0, 0.05) is 24.2 Å². The number of hydrogen-bond donors (Lipinski definition) is 1. The normalized spacial score (nSPS) is 14.7. The standard InChI is InChI=1S/C21H22N4O4S/c1-15-5-4-6-17(13-15)20-23-19(29-24-20)14-22-21(26)16-7-9-18(10-8-16)30(27,28)25-11-2-3-12-25/h4-10,13H,2-3,11-12,14H2,1H3,(H,22,26). The van der Waals surface area contributed by atoms with Crippen LogP contribution in [0.25, 0.3) is 11.4 Å². The van der Waals surface area contributed by atoms with E-state index in [4.69, 9.17) is 4.52 Å². The minimum Gasteiger partial charge on any atom is -0.343 e. The van der Waals surface area contributed by atoms with Crippen LogP contribution in [0.2, 0.25) is 0 Å². The van der Waals surface area contributed by atoms with Gasteiger partial charge in [0.2, 0.25) is 21.7 Å². The molecule has 1 amide bonds. The van der Waals surface area contributed by atoms with Crippen molar-refractivity contribution in [2.45, 2.75) is 31.2 Å². The van der Waals surface area contributed by atoms with Crippen molar-refractivity contribution in [2.75, 3.05) is 13.1 Å². The van der Waals surface area contributed by atoms with Crippen molar-refractivity contribution >= 4 is 15.9 Å². The molecule has 9 heteroatoms. The summed E-state index contributed by atoms with van der Waals surface area (Å²) in [6.45, 7) is 3.14. The molecule has 1 aliphatic rings. The summed E-state index contributed by atoms with van der Waals surface area (Å²) >= 11 is 0. The molecule has 0 spiro atoms. The second-order valence-corrected chi connectivity index (χ2v) is 9.14. The molecule has 2 heterocycles. The SMILES string of the molecule is Cc1cccc(-c2noc(CNC(=O)c3ccc(S(=O)(=O)N4CCCC4)cc3)n2)c1. The predicted molar refractivity (Wildman–Crippen MR) is 110 cm³/mol. The first kappa shape index (κ1) is 20.2. The number of benzene rings is 2. The first-order valence-corrected chi connectivity index (χ1v) is 11.2. The summed E-state index contributed by atoms with van der Waals surface area (Å²) in [7, 11) is -3.49. The molecule has 0 bridgehead atoms. The van der Waals surface area contributed by atoms with E-state index in [1.807, 2.05) is 31.2 Å². The number of nitrogens with zero attached hydrogens (tertiary/aromatic N) is 3. The van der Waals surface area contributed by atoms with E-state index in [0.29, 0.717) is 24.5 Å². The van der Waals surface area contributed by atoms with E-state index in [0.717, 1.165) is 24.0 Å². The van der Waals surface area contributed by atoms with Crippen LogP contribution in [-0.4, -0.2) is 41.9 Å². The van der Waals surface area contributed by atoms with Gasteiger partial charge in [0.1, 0.15) is 0 Å². The van der Waals surface area contributed by atoms with E-state index in [2.05, 4.69) is 15.5 Å². The predicted octanol–water partition coefficient (Wildman–Crippen LogP) is 2.76. The van der Waals surface area contributed by atoms with E-state index < -0.39 is 10.0 Å². The Kier molecular flexibility index (Phi) is 5.65. The number of hydrogen-bond acceptors (Lipinski definition) is 6. The number of carbonyl (C=O) groups excluding carboxylic acids is 1. The van der Waals surface area contributed by atoms with E-state index in [-0.39, 0.29) is 23.2 Å². The molecule has 0 saturated carbocycles. The highest BCUT2D eigenvalue weighted by atomic mass is 32.2. The second kappa shape index (κ2) is 8.37. The molecule has 30 heavy (non-hydrogen) atoms. The fourth-order valence-corrected chi connectivity index (χ4v) is 4.86. The molecule has 0 radical (unpaired) electrons. The third kappa shape index (κ3) is 4.27. The van der Waals surface area contributed by atoms with Crippen LogP contribution >= 0.6 is 0 Å². The zero-order chi connectivity index (χ0) is 21.1. The maximum absolute atomic E-state index is 12.6. The lowest BCUT2D eigenvalue weighted by Gasteiger charge is -2.15. The van der Waals surface area contributed by atoms with Crippen LogP contribution in [0, 0.1) is 6.92 Å². The fourth-order valence-electron chi connectivity index (χ4n) is 3.34. The maximum atomic E-state index is 12.6. The van der Waals surface area contributed by atoms with Crippen LogP contribution in [-0.2, 0) is 16.6 Å². The van der Waals surface area contributed by atoms with E-state index in [1.165, 1.54) is 28.6 Å². The van der Waals surface area contributed by atoms with Gasteiger partial charge in [-0.1, -0.05) is 28.9 Å². The number of aromatic nitrogens is 2. The number of nitrogens with one attached hydrogen (secondary N) is 1. The van der Waals surface area contributed by atoms with Gasteiger partial charge < -0.3 is 9.84 Å². The summed E-state index contributed by atoms with van der Waals surface area (Å²) in [4.78, 5) is 16.9. The molecule has 0 atom stereocenters. The maximum Gasteiger partial charge on any atom is 0.251 e. The van der Waals surface area contributed by atoms with Crippen molar-refractivity contribution in [2.24, 2.45) is 0 Å². The molecule has 8 nitrogen and oxygen atoms in total. The molecular formula is C21H22N4O4S. The van der Waals surface area contributed by atoms with Crippen molar-refractivity contribution in [3.63, 3.8) is 0 Å². The lowest BCUT2D eigenvalue weighted by molar-refractivity contribution is 0.0946. The van der Waals surface area contributed by atoms with Gasteiger partial charge in [0.05, 0.1) is 11.4 Å². The van der Waals surface area contributed by atoms with Gasteiger partial charge in [-0.15, -0.1) is 0 Å². The smallest absolute Gasteiger partial charge is 0.251 e. The first-order valence-electron chi connectivity index (χ1n) is 9.71. The van der Waals surface area contributed by atoms with Gasteiger partial charge in [-0.25, -0.2) is 8.42 Å². The van der Waals surface area contributed by atoms with Crippen LogP contribution in [0.15, 0.2) is 57.9 Å². The molecule has 4 rings (SSSR count). The lowest BCUT2D eigenvalue weighted by atomic mass is 10.1. The molecular weight excluding hydrogens is 404 g/mol. The molecule has 2 aromatic carbocycles. The fraction of sp³-hybridized carbons (Fsp3) is 0.286. The van der Waals surface area contributed by atoms with Crippen molar-refractivity contribution in [3.05, 3.63) is 65.5 Å². The van der Waals surface area contributed by atoms with Gasteiger partial charge in [-0.2, -0.15) is 9.29 Å². The van der Waals surface area contributed by atoms with E-state index in [1.54, 1.807) is 0 Å². The van der Waals surface area contributed by atoms with Gasteiger partial charge in [-0.3, -0.25) is 4.79 Å². The Morgan fingerprint density at radius 3 is 2.57 bits per heavy atom. The molecule has 1 saturated heterocycles. The third-order valence-corrected chi connectivity index (χ3v) is 6.88. The Morgan fingerprint density at radius 1 is 1.13 bits per heavy atom. The van der Waals surface area contributed by atoms with Crippen LogP contribution in [0.3, 0.4) is 0 Å². The van der Waals surface area contributed by atoms with Crippen molar-refractivity contribution in [1.29, 1.82) is 0 Å². The molecule has 1 aliphatic heterocycles. The van der Waals surface area contributed by atoms with E-state index >= 15 is 0 Å². The van der Waals surface area contributed by atoms with Crippen LogP contribution in [0.5, 0.6) is 0 Å². The Morgan fingerprint density at radius 2 is 1.87 bits per heavy atom. The summed E-state index contributed by atoms with van der Waals surface area (Å²) in [6, 6.07) is 13.7. The van der Waals surface area contributed by atoms with Crippen molar-refractivity contribution < 1.29 is 17.7 Å². The molecule has 0 aliphatic carbocycles. The summed E-state index contributed by atoms with van der Waals surface area (Å²) in [6.07, 6.45) is 1.75. The Bertz CT molecular complexity index is 1150. The number of aryl methyl sites for hydroxylation is 1. The highest BCUT2D eigenvalue weighted by Gasteiger charge is 2.27. The average molecular weight is 426 g/mol. The summed E-state index contributed by atoms with van der Waals surface area (Å²) in [5.41, 5.74) is 2.28. The van der Waals surface area contributed by atoms with Gasteiger partial charge in [-0.05, 0) is 50.1 Å². The molecule has 0 unspecified atom stereocenters. The molecule has 1 fully saturated rings. The zero-order valence-electron chi connectivity index (χ0n) is 16.5. The van der Waals surface area contributed by atoms with Gasteiger partial charge in [0.25, 0.3) is 5.91 Å². The summed E-state index contributed by atoms with van der Waals surface area (Å²) in [5, 5.41) is 6.66. The van der Waals surface area contributed by atoms with E-state index in [9.17, 15) is 13.2 Å². The molecule has 3 aromatic rings. The number of sulfonamides is 1. The highest BCUT2D eigenvalue weighted by molar-refractivity contribution is 7.89. The Hall–Kier alpha value is -3.04. The Balaban J connectivity index is 1.39. The zero-order valence-corrected chi connectivity index (χ0v) is 17.4. The van der Waals surface area contributed by atoms with Crippen LogP contribution in [0.4, 0.5) is 0 Å². The monoisotopic (exact) mass is 426 g/mol. The van der Waals surface area contributed by atoms with Crippen molar-refractivity contribution in [3.8, 4) is 11.4 Å².